The second kappa shape index (κ2) is 8.09. The SMILES string of the molecule is CCOC(=O)c1nnc(SC)nc1Nc1ccc(C(=O)NC2CC2)nc1. The van der Waals surface area contributed by atoms with Crippen molar-refractivity contribution in [1.29, 1.82) is 0 Å². The van der Waals surface area contributed by atoms with E-state index < -0.39 is 5.97 Å². The predicted molar refractivity (Wildman–Crippen MR) is 95.6 cm³/mol. The average Bonchev–Trinajstić information content (AvgIpc) is 3.46. The molecule has 10 heteroatoms. The van der Waals surface area contributed by atoms with Gasteiger partial charge in [0.15, 0.2) is 5.82 Å². The zero-order valence-electron chi connectivity index (χ0n) is 14.4. The highest BCUT2D eigenvalue weighted by Gasteiger charge is 2.24. The molecule has 1 amide bonds. The lowest BCUT2D eigenvalue weighted by Gasteiger charge is -2.10. The van der Waals surface area contributed by atoms with Crippen LogP contribution in [0.15, 0.2) is 23.5 Å². The number of rotatable bonds is 7. The van der Waals surface area contributed by atoms with Crippen molar-refractivity contribution in [2.45, 2.75) is 31.0 Å². The van der Waals surface area contributed by atoms with Crippen molar-refractivity contribution in [2.75, 3.05) is 18.2 Å². The van der Waals surface area contributed by atoms with E-state index in [0.717, 1.165) is 12.8 Å². The number of hydrogen-bond donors (Lipinski definition) is 2. The third-order valence-electron chi connectivity index (χ3n) is 3.49. The number of carbonyl (C=O) groups excluding carboxylic acids is 2. The Kier molecular flexibility index (Phi) is 5.61. The number of thioether (sulfide) groups is 1. The van der Waals surface area contributed by atoms with Crippen molar-refractivity contribution in [3.05, 3.63) is 29.7 Å². The summed E-state index contributed by atoms with van der Waals surface area (Å²) in [5, 5.41) is 14.0. The molecule has 2 heterocycles. The number of aromatic nitrogens is 4. The molecule has 2 aromatic rings. The van der Waals surface area contributed by atoms with Crippen molar-refractivity contribution in [1.82, 2.24) is 25.5 Å². The lowest BCUT2D eigenvalue weighted by molar-refractivity contribution is 0.0518. The standard InChI is InChI=1S/C16H18N6O3S/c1-3-25-15(24)12-13(20-16(26-2)22-21-12)18-10-6-7-11(17-8-10)14(23)19-9-4-5-9/h6-9H,3-5H2,1-2H3,(H,19,23)(H,18,20,22). The molecule has 0 radical (unpaired) electrons. The maximum absolute atomic E-state index is 12.0. The molecule has 3 rings (SSSR count). The predicted octanol–water partition coefficient (Wildman–Crippen LogP) is 1.80. The number of carbonyl (C=O) groups is 2. The van der Waals surface area contributed by atoms with Gasteiger partial charge in [-0.3, -0.25) is 4.79 Å². The minimum atomic E-state index is -0.615. The number of nitrogens with zero attached hydrogens (tertiary/aromatic N) is 4. The second-order valence-corrected chi connectivity index (χ2v) is 6.29. The van der Waals surface area contributed by atoms with Gasteiger partial charge in [0.05, 0.1) is 18.5 Å². The molecule has 1 aliphatic carbocycles. The Morgan fingerprint density at radius 3 is 2.73 bits per heavy atom. The van der Waals surface area contributed by atoms with Gasteiger partial charge < -0.3 is 15.4 Å². The van der Waals surface area contributed by atoms with Crippen LogP contribution in [0, 0.1) is 0 Å². The molecule has 0 spiro atoms. The third kappa shape index (κ3) is 4.45. The van der Waals surface area contributed by atoms with E-state index in [4.69, 9.17) is 4.74 Å². The van der Waals surface area contributed by atoms with Crippen molar-refractivity contribution in [2.24, 2.45) is 0 Å². The number of nitrogens with one attached hydrogen (secondary N) is 2. The monoisotopic (exact) mass is 374 g/mol. The first-order chi connectivity index (χ1) is 12.6. The molecule has 26 heavy (non-hydrogen) atoms. The zero-order chi connectivity index (χ0) is 18.5. The molecule has 136 valence electrons. The van der Waals surface area contributed by atoms with Crippen molar-refractivity contribution >= 4 is 35.1 Å². The largest absolute Gasteiger partial charge is 0.461 e. The van der Waals surface area contributed by atoms with E-state index in [1.807, 2.05) is 0 Å². The number of hydrogen-bond acceptors (Lipinski definition) is 9. The molecule has 2 N–H and O–H groups in total. The summed E-state index contributed by atoms with van der Waals surface area (Å²) in [5.41, 5.74) is 0.880. The molecule has 0 atom stereocenters. The zero-order valence-corrected chi connectivity index (χ0v) is 15.2. The summed E-state index contributed by atoms with van der Waals surface area (Å²) in [7, 11) is 0. The Bertz CT molecular complexity index is 810. The van der Waals surface area contributed by atoms with Crippen LogP contribution in [0.2, 0.25) is 0 Å². The Balaban J connectivity index is 1.78. The van der Waals surface area contributed by atoms with E-state index in [0.29, 0.717) is 16.5 Å². The summed E-state index contributed by atoms with van der Waals surface area (Å²) in [6.07, 6.45) is 5.33. The minimum absolute atomic E-state index is 0.0137. The maximum atomic E-state index is 12.0. The fraction of sp³-hybridized carbons (Fsp3) is 0.375. The summed E-state index contributed by atoms with van der Waals surface area (Å²) < 4.78 is 4.98. The van der Waals surface area contributed by atoms with E-state index in [1.165, 1.54) is 18.0 Å². The van der Waals surface area contributed by atoms with Crippen LogP contribution in [0.3, 0.4) is 0 Å². The van der Waals surface area contributed by atoms with Crippen molar-refractivity contribution < 1.29 is 14.3 Å². The summed E-state index contributed by atoms with van der Waals surface area (Å²) in [5.74, 6) is -0.588. The van der Waals surface area contributed by atoms with E-state index in [-0.39, 0.29) is 30.1 Å². The molecule has 0 saturated heterocycles. The fourth-order valence-electron chi connectivity index (χ4n) is 2.05. The van der Waals surface area contributed by atoms with Crippen LogP contribution in [0.25, 0.3) is 0 Å². The quantitative estimate of drug-likeness (QED) is 0.552. The number of anilines is 2. The highest BCUT2D eigenvalue weighted by molar-refractivity contribution is 7.98. The van der Waals surface area contributed by atoms with Gasteiger partial charge in [-0.25, -0.2) is 14.8 Å². The van der Waals surface area contributed by atoms with Crippen LogP contribution < -0.4 is 10.6 Å². The number of esters is 1. The summed E-state index contributed by atoms with van der Waals surface area (Å²) in [6.45, 7) is 1.92. The number of pyridine rings is 1. The van der Waals surface area contributed by atoms with Crippen LogP contribution in [0.1, 0.15) is 40.7 Å². The molecule has 9 nitrogen and oxygen atoms in total. The summed E-state index contributed by atoms with van der Waals surface area (Å²) in [6, 6.07) is 3.56. The molecule has 1 aliphatic rings. The van der Waals surface area contributed by atoms with Gasteiger partial charge in [0.25, 0.3) is 5.91 Å². The van der Waals surface area contributed by atoms with Gasteiger partial charge in [0, 0.05) is 6.04 Å². The van der Waals surface area contributed by atoms with Crippen LogP contribution in [-0.2, 0) is 4.74 Å². The van der Waals surface area contributed by atoms with Gasteiger partial charge in [0.2, 0.25) is 10.9 Å². The van der Waals surface area contributed by atoms with Crippen molar-refractivity contribution in [3.8, 4) is 0 Å². The van der Waals surface area contributed by atoms with Gasteiger partial charge in [-0.1, -0.05) is 11.8 Å². The van der Waals surface area contributed by atoms with Crippen LogP contribution in [0.5, 0.6) is 0 Å². The van der Waals surface area contributed by atoms with Crippen LogP contribution >= 0.6 is 11.8 Å². The van der Waals surface area contributed by atoms with Gasteiger partial charge in [-0.15, -0.1) is 10.2 Å². The molecule has 0 bridgehead atoms. The second-order valence-electron chi connectivity index (χ2n) is 5.52. The molecule has 0 aromatic carbocycles. The maximum Gasteiger partial charge on any atom is 0.362 e. The molecule has 1 fully saturated rings. The van der Waals surface area contributed by atoms with Gasteiger partial charge in [-0.2, -0.15) is 0 Å². The lowest BCUT2D eigenvalue weighted by Crippen LogP contribution is -2.26. The first-order valence-corrected chi connectivity index (χ1v) is 9.33. The van der Waals surface area contributed by atoms with E-state index in [2.05, 4.69) is 30.8 Å². The van der Waals surface area contributed by atoms with Gasteiger partial charge in [-0.05, 0) is 38.2 Å². The van der Waals surface area contributed by atoms with E-state index in [1.54, 1.807) is 25.3 Å². The molecule has 1 saturated carbocycles. The Labute approximate surface area is 154 Å². The fourth-order valence-corrected chi connectivity index (χ4v) is 2.35. The molecule has 0 unspecified atom stereocenters. The Hall–Kier alpha value is -2.75. The summed E-state index contributed by atoms with van der Waals surface area (Å²) >= 11 is 1.30. The Morgan fingerprint density at radius 1 is 1.31 bits per heavy atom. The van der Waals surface area contributed by atoms with Gasteiger partial charge >= 0.3 is 5.97 Å². The lowest BCUT2D eigenvalue weighted by atomic mass is 10.3. The van der Waals surface area contributed by atoms with Crippen molar-refractivity contribution in [3.63, 3.8) is 0 Å². The molecular formula is C16H18N6O3S. The smallest absolute Gasteiger partial charge is 0.362 e. The van der Waals surface area contributed by atoms with Crippen LogP contribution in [-0.4, -0.2) is 50.9 Å². The first-order valence-electron chi connectivity index (χ1n) is 8.10. The third-order valence-corrected chi connectivity index (χ3v) is 4.03. The van der Waals surface area contributed by atoms with E-state index >= 15 is 0 Å². The highest BCUT2D eigenvalue weighted by atomic mass is 32.2. The number of ether oxygens (including phenoxy) is 1. The average molecular weight is 374 g/mol. The molecule has 0 aliphatic heterocycles. The number of amides is 1. The Morgan fingerprint density at radius 2 is 2.12 bits per heavy atom. The normalized spacial score (nSPS) is 13.2. The van der Waals surface area contributed by atoms with Crippen LogP contribution in [0.4, 0.5) is 11.5 Å². The van der Waals surface area contributed by atoms with Gasteiger partial charge in [0.1, 0.15) is 5.69 Å². The topological polar surface area (TPSA) is 119 Å². The highest BCUT2D eigenvalue weighted by Crippen LogP contribution is 2.21. The molecular weight excluding hydrogens is 356 g/mol. The molecule has 2 aromatic heterocycles. The minimum Gasteiger partial charge on any atom is -0.461 e. The van der Waals surface area contributed by atoms with E-state index in [9.17, 15) is 9.59 Å². The first kappa shape index (κ1) is 18.1. The summed E-state index contributed by atoms with van der Waals surface area (Å²) in [4.78, 5) is 32.4.